The maximum Gasteiger partial charge on any atom is 0.227 e. The standard InChI is InChI=1S/C16H22FN3O.2ClH/c1-11(12-9-18-10-12)16(21)19-15-13(17)5-4-6-14(15)20-7-2-3-8-20;;/h4-6,11-12,18H,2-3,7-10H2,1H3,(H,19,21);2*1H. The third-order valence-electron chi connectivity index (χ3n) is 4.62. The fourth-order valence-electron chi connectivity index (χ4n) is 2.97. The average Bonchev–Trinajstić information content (AvgIpc) is 2.92. The van der Waals surface area contributed by atoms with Crippen molar-refractivity contribution < 1.29 is 9.18 Å². The van der Waals surface area contributed by atoms with E-state index in [4.69, 9.17) is 0 Å². The lowest BCUT2D eigenvalue weighted by Crippen LogP contribution is -2.48. The number of benzene rings is 1. The lowest BCUT2D eigenvalue weighted by molar-refractivity contribution is -0.121. The SMILES string of the molecule is CC(C(=O)Nc1c(F)cccc1N1CCCC1)C1CNC1.Cl.Cl. The summed E-state index contributed by atoms with van der Waals surface area (Å²) in [6.07, 6.45) is 2.24. The van der Waals surface area contributed by atoms with E-state index in [9.17, 15) is 9.18 Å². The summed E-state index contributed by atoms with van der Waals surface area (Å²) in [7, 11) is 0. The van der Waals surface area contributed by atoms with E-state index in [0.717, 1.165) is 44.7 Å². The van der Waals surface area contributed by atoms with Crippen molar-refractivity contribution in [1.82, 2.24) is 5.32 Å². The molecule has 1 aromatic carbocycles. The first-order chi connectivity index (χ1) is 10.2. The molecule has 2 fully saturated rings. The molecule has 2 aliphatic heterocycles. The van der Waals surface area contributed by atoms with E-state index in [1.54, 1.807) is 6.07 Å². The Morgan fingerprint density at radius 1 is 1.30 bits per heavy atom. The molecule has 2 heterocycles. The normalized spacial score (nSPS) is 18.4. The second kappa shape index (κ2) is 8.71. The van der Waals surface area contributed by atoms with Crippen LogP contribution >= 0.6 is 24.8 Å². The molecule has 130 valence electrons. The third-order valence-corrected chi connectivity index (χ3v) is 4.62. The topological polar surface area (TPSA) is 44.4 Å². The highest BCUT2D eigenvalue weighted by atomic mass is 35.5. The highest BCUT2D eigenvalue weighted by Crippen LogP contribution is 2.32. The van der Waals surface area contributed by atoms with Gasteiger partial charge in [-0.15, -0.1) is 24.8 Å². The number of nitrogens with zero attached hydrogens (tertiary/aromatic N) is 1. The summed E-state index contributed by atoms with van der Waals surface area (Å²) in [4.78, 5) is 14.5. The Hall–Kier alpha value is -1.04. The van der Waals surface area contributed by atoms with Crippen molar-refractivity contribution in [2.75, 3.05) is 36.4 Å². The predicted octanol–water partition coefficient (Wildman–Crippen LogP) is 3.06. The molecule has 2 aliphatic rings. The monoisotopic (exact) mass is 363 g/mol. The quantitative estimate of drug-likeness (QED) is 0.863. The first-order valence-electron chi connectivity index (χ1n) is 7.72. The number of para-hydroxylation sites is 1. The molecule has 1 amide bonds. The van der Waals surface area contributed by atoms with Gasteiger partial charge in [0, 0.05) is 19.0 Å². The molecule has 1 unspecified atom stereocenters. The van der Waals surface area contributed by atoms with Crippen LogP contribution < -0.4 is 15.5 Å². The minimum absolute atomic E-state index is 0. The van der Waals surface area contributed by atoms with Crippen LogP contribution in [0.3, 0.4) is 0 Å². The second-order valence-electron chi connectivity index (χ2n) is 6.02. The summed E-state index contributed by atoms with van der Waals surface area (Å²) in [5.74, 6) is -0.192. The Kier molecular flexibility index (Phi) is 7.58. The van der Waals surface area contributed by atoms with Gasteiger partial charge in [-0.2, -0.15) is 0 Å². The van der Waals surface area contributed by atoms with E-state index in [-0.39, 0.29) is 42.5 Å². The van der Waals surface area contributed by atoms with Gasteiger partial charge in [0.15, 0.2) is 0 Å². The van der Waals surface area contributed by atoms with Crippen LogP contribution in [0.2, 0.25) is 0 Å². The van der Waals surface area contributed by atoms with Crippen molar-refractivity contribution in [3.05, 3.63) is 24.0 Å². The Labute approximate surface area is 149 Å². The van der Waals surface area contributed by atoms with Crippen LogP contribution in [0.15, 0.2) is 18.2 Å². The molecule has 3 rings (SSSR count). The highest BCUT2D eigenvalue weighted by molar-refractivity contribution is 5.96. The molecule has 23 heavy (non-hydrogen) atoms. The van der Waals surface area contributed by atoms with Crippen LogP contribution in [-0.2, 0) is 4.79 Å². The molecule has 7 heteroatoms. The number of carbonyl (C=O) groups excluding carboxylic acids is 1. The molecule has 0 spiro atoms. The summed E-state index contributed by atoms with van der Waals surface area (Å²) in [5.41, 5.74) is 1.14. The van der Waals surface area contributed by atoms with E-state index in [1.165, 1.54) is 6.07 Å². The number of amides is 1. The zero-order valence-corrected chi connectivity index (χ0v) is 14.8. The number of rotatable bonds is 4. The number of nitrogens with one attached hydrogen (secondary N) is 2. The van der Waals surface area contributed by atoms with Gasteiger partial charge in [0.2, 0.25) is 5.91 Å². The van der Waals surface area contributed by atoms with Crippen molar-refractivity contribution in [3.63, 3.8) is 0 Å². The Balaban J connectivity index is 0.00000132. The van der Waals surface area contributed by atoms with Gasteiger partial charge < -0.3 is 15.5 Å². The van der Waals surface area contributed by atoms with Gasteiger partial charge >= 0.3 is 0 Å². The minimum Gasteiger partial charge on any atom is -0.370 e. The molecule has 0 bridgehead atoms. The van der Waals surface area contributed by atoms with E-state index in [2.05, 4.69) is 15.5 Å². The van der Waals surface area contributed by atoms with Crippen molar-refractivity contribution in [1.29, 1.82) is 0 Å². The molecule has 0 saturated carbocycles. The first-order valence-corrected chi connectivity index (χ1v) is 7.72. The zero-order chi connectivity index (χ0) is 14.8. The molecule has 2 saturated heterocycles. The van der Waals surface area contributed by atoms with Crippen molar-refractivity contribution in [3.8, 4) is 0 Å². The van der Waals surface area contributed by atoms with Crippen LogP contribution in [0.25, 0.3) is 0 Å². The van der Waals surface area contributed by atoms with Crippen LogP contribution in [0.5, 0.6) is 0 Å². The molecule has 1 atom stereocenters. The fraction of sp³-hybridized carbons (Fsp3) is 0.562. The van der Waals surface area contributed by atoms with Gasteiger partial charge in [0.05, 0.1) is 5.69 Å². The molecular formula is C16H24Cl2FN3O. The van der Waals surface area contributed by atoms with E-state index in [1.807, 2.05) is 13.0 Å². The van der Waals surface area contributed by atoms with Crippen LogP contribution in [0.4, 0.5) is 15.8 Å². The van der Waals surface area contributed by atoms with Gasteiger partial charge in [0.25, 0.3) is 0 Å². The first kappa shape index (κ1) is 20.0. The minimum atomic E-state index is -0.355. The van der Waals surface area contributed by atoms with E-state index in [0.29, 0.717) is 11.6 Å². The molecule has 1 aromatic rings. The number of carbonyl (C=O) groups is 1. The number of hydrogen-bond acceptors (Lipinski definition) is 3. The van der Waals surface area contributed by atoms with E-state index < -0.39 is 0 Å². The summed E-state index contributed by atoms with van der Waals surface area (Å²) in [6.45, 7) is 5.50. The number of halogens is 3. The van der Waals surface area contributed by atoms with E-state index >= 15 is 0 Å². The third kappa shape index (κ3) is 4.28. The fourth-order valence-corrected chi connectivity index (χ4v) is 2.97. The zero-order valence-electron chi connectivity index (χ0n) is 13.2. The molecule has 0 aromatic heterocycles. The second-order valence-corrected chi connectivity index (χ2v) is 6.02. The molecule has 0 radical (unpaired) electrons. The lowest BCUT2D eigenvalue weighted by Gasteiger charge is -2.32. The van der Waals surface area contributed by atoms with Crippen molar-refractivity contribution in [2.24, 2.45) is 11.8 Å². The highest BCUT2D eigenvalue weighted by Gasteiger charge is 2.30. The van der Waals surface area contributed by atoms with Crippen molar-refractivity contribution in [2.45, 2.75) is 19.8 Å². The van der Waals surface area contributed by atoms with Gasteiger partial charge in [-0.1, -0.05) is 13.0 Å². The Bertz CT molecular complexity index is 534. The molecule has 0 aliphatic carbocycles. The Morgan fingerprint density at radius 3 is 2.52 bits per heavy atom. The van der Waals surface area contributed by atoms with Crippen LogP contribution in [-0.4, -0.2) is 32.1 Å². The predicted molar refractivity (Wildman–Crippen MR) is 96.5 cm³/mol. The summed E-state index contributed by atoms with van der Waals surface area (Å²) >= 11 is 0. The van der Waals surface area contributed by atoms with Crippen LogP contribution in [0, 0.1) is 17.7 Å². The average molecular weight is 364 g/mol. The van der Waals surface area contributed by atoms with Crippen molar-refractivity contribution >= 4 is 42.1 Å². The Morgan fingerprint density at radius 2 is 1.96 bits per heavy atom. The number of hydrogen-bond donors (Lipinski definition) is 2. The molecule has 4 nitrogen and oxygen atoms in total. The van der Waals surface area contributed by atoms with Gasteiger partial charge in [-0.3, -0.25) is 4.79 Å². The largest absolute Gasteiger partial charge is 0.370 e. The van der Waals surface area contributed by atoms with Crippen LogP contribution in [0.1, 0.15) is 19.8 Å². The van der Waals surface area contributed by atoms with Gasteiger partial charge in [0.1, 0.15) is 11.5 Å². The maximum atomic E-state index is 14.2. The molecule has 2 N–H and O–H groups in total. The lowest BCUT2D eigenvalue weighted by atomic mass is 9.88. The summed E-state index contributed by atoms with van der Waals surface area (Å²) in [6, 6.07) is 5.00. The smallest absolute Gasteiger partial charge is 0.227 e. The summed E-state index contributed by atoms with van der Waals surface area (Å²) < 4.78 is 14.2. The van der Waals surface area contributed by atoms with Gasteiger partial charge in [-0.25, -0.2) is 4.39 Å². The number of anilines is 2. The molecular weight excluding hydrogens is 340 g/mol. The summed E-state index contributed by atoms with van der Waals surface area (Å²) in [5, 5.41) is 5.99. The maximum absolute atomic E-state index is 14.2. The van der Waals surface area contributed by atoms with Gasteiger partial charge in [-0.05, 0) is 44.0 Å².